The highest BCUT2D eigenvalue weighted by atomic mass is 32.2. The van der Waals surface area contributed by atoms with Crippen LogP contribution in [0, 0.1) is 0 Å². The Balaban J connectivity index is 1.95. The Morgan fingerprint density at radius 3 is 2.58 bits per heavy atom. The van der Waals surface area contributed by atoms with E-state index in [2.05, 4.69) is 0 Å². The first-order chi connectivity index (χ1) is 11.5. The molecule has 0 amide bonds. The number of para-hydroxylation sites is 1. The van der Waals surface area contributed by atoms with Crippen molar-refractivity contribution in [2.45, 2.75) is 10.6 Å². The summed E-state index contributed by atoms with van der Waals surface area (Å²) in [7, 11) is -2.13. The van der Waals surface area contributed by atoms with Gasteiger partial charge in [0.05, 0.1) is 25.4 Å². The second-order valence-corrected chi connectivity index (χ2v) is 7.23. The lowest BCUT2D eigenvalue weighted by Gasteiger charge is -2.11. The van der Waals surface area contributed by atoms with Crippen molar-refractivity contribution in [3.63, 3.8) is 0 Å². The Labute approximate surface area is 140 Å². The number of hydrogen-bond donors (Lipinski definition) is 1. The molecular weight excluding hydrogens is 328 g/mol. The molecule has 1 aromatic heterocycles. The van der Waals surface area contributed by atoms with Crippen molar-refractivity contribution in [1.82, 2.24) is 0 Å². The van der Waals surface area contributed by atoms with Gasteiger partial charge in [-0.25, -0.2) is 8.42 Å². The van der Waals surface area contributed by atoms with Gasteiger partial charge < -0.3 is 14.3 Å². The minimum Gasteiger partial charge on any atom is -0.507 e. The molecule has 2 aromatic carbocycles. The molecule has 0 aliphatic rings. The van der Waals surface area contributed by atoms with Crippen LogP contribution in [0.5, 0.6) is 11.5 Å². The monoisotopic (exact) mass is 344 g/mol. The molecule has 0 fully saturated rings. The number of ether oxygens (including phenoxy) is 1. The Bertz CT molecular complexity index is 943. The van der Waals surface area contributed by atoms with Crippen LogP contribution in [0.25, 0.3) is 11.1 Å². The largest absolute Gasteiger partial charge is 0.507 e. The van der Waals surface area contributed by atoms with Gasteiger partial charge in [-0.15, -0.1) is 0 Å². The fourth-order valence-corrected chi connectivity index (χ4v) is 3.95. The molecule has 0 unspecified atom stereocenters. The Morgan fingerprint density at radius 2 is 1.92 bits per heavy atom. The van der Waals surface area contributed by atoms with E-state index >= 15 is 0 Å². The number of aromatic hydroxyl groups is 1. The van der Waals surface area contributed by atoms with Gasteiger partial charge in [-0.05, 0) is 29.8 Å². The van der Waals surface area contributed by atoms with Gasteiger partial charge in [0.2, 0.25) is 0 Å². The van der Waals surface area contributed by atoms with Gasteiger partial charge in [0, 0.05) is 11.1 Å². The maximum atomic E-state index is 12.5. The molecule has 3 aromatic rings. The van der Waals surface area contributed by atoms with Crippen LogP contribution < -0.4 is 4.74 Å². The number of hydrogen-bond acceptors (Lipinski definition) is 5. The van der Waals surface area contributed by atoms with E-state index in [1.165, 1.54) is 19.2 Å². The van der Waals surface area contributed by atoms with E-state index in [0.29, 0.717) is 11.3 Å². The first-order valence-electron chi connectivity index (χ1n) is 7.21. The lowest BCUT2D eigenvalue weighted by Crippen LogP contribution is -2.05. The average molecular weight is 344 g/mol. The number of phenolic OH excluding ortho intramolecular Hbond substituents is 1. The number of methoxy groups -OCH3 is 1. The van der Waals surface area contributed by atoms with Crippen molar-refractivity contribution in [1.29, 1.82) is 0 Å². The van der Waals surface area contributed by atoms with Crippen molar-refractivity contribution in [3.8, 4) is 22.6 Å². The molecule has 1 N–H and O–H groups in total. The molecule has 3 rings (SSSR count). The van der Waals surface area contributed by atoms with E-state index in [0.717, 1.165) is 11.1 Å². The summed E-state index contributed by atoms with van der Waals surface area (Å²) in [5, 5.41) is 9.78. The summed E-state index contributed by atoms with van der Waals surface area (Å²) in [6, 6.07) is 12.9. The summed E-state index contributed by atoms with van der Waals surface area (Å²) < 4.78 is 35.5. The third-order valence-electron chi connectivity index (χ3n) is 3.66. The van der Waals surface area contributed by atoms with Crippen molar-refractivity contribution >= 4 is 9.84 Å². The predicted molar refractivity (Wildman–Crippen MR) is 89.7 cm³/mol. The number of benzene rings is 2. The quantitative estimate of drug-likeness (QED) is 0.765. The van der Waals surface area contributed by atoms with Crippen LogP contribution in [0.1, 0.15) is 5.56 Å². The number of sulfone groups is 1. The number of rotatable bonds is 5. The first-order valence-corrected chi connectivity index (χ1v) is 8.87. The maximum absolute atomic E-state index is 12.5. The third-order valence-corrected chi connectivity index (χ3v) is 5.38. The summed E-state index contributed by atoms with van der Waals surface area (Å²) in [5.41, 5.74) is 2.24. The summed E-state index contributed by atoms with van der Waals surface area (Å²) in [5.74, 6) is 0.0768. The fraction of sp³-hybridized carbons (Fsp3) is 0.111. The number of furan rings is 1. The molecule has 0 bridgehead atoms. The standard InChI is InChI=1S/C18H16O5S/c1-22-17-10-13(6-7-15(17)14-8-9-23-11-14)12-24(20,21)18-5-3-2-4-16(18)19/h2-11,19H,12H2,1H3. The van der Waals surface area contributed by atoms with Crippen LogP contribution in [0.15, 0.2) is 70.4 Å². The van der Waals surface area contributed by atoms with Crippen molar-refractivity contribution in [2.24, 2.45) is 0 Å². The van der Waals surface area contributed by atoms with Crippen LogP contribution in [0.3, 0.4) is 0 Å². The van der Waals surface area contributed by atoms with Crippen LogP contribution in [-0.2, 0) is 15.6 Å². The Kier molecular flexibility index (Phi) is 4.31. The molecule has 124 valence electrons. The van der Waals surface area contributed by atoms with Crippen LogP contribution >= 0.6 is 0 Å². The normalized spacial score (nSPS) is 11.4. The van der Waals surface area contributed by atoms with E-state index in [4.69, 9.17) is 9.15 Å². The molecule has 0 aliphatic heterocycles. The molecule has 0 saturated carbocycles. The molecule has 0 spiro atoms. The van der Waals surface area contributed by atoms with Gasteiger partial charge in [-0.3, -0.25) is 0 Å². The van der Waals surface area contributed by atoms with E-state index in [-0.39, 0.29) is 16.4 Å². The zero-order chi connectivity index (χ0) is 17.2. The summed E-state index contributed by atoms with van der Waals surface area (Å²) in [4.78, 5) is -0.0807. The molecule has 0 saturated heterocycles. The van der Waals surface area contributed by atoms with E-state index in [1.54, 1.807) is 48.9 Å². The minimum atomic E-state index is -3.66. The van der Waals surface area contributed by atoms with Gasteiger partial charge in [-0.1, -0.05) is 24.3 Å². The van der Waals surface area contributed by atoms with Gasteiger partial charge in [-0.2, -0.15) is 0 Å². The molecule has 0 aliphatic carbocycles. The van der Waals surface area contributed by atoms with Gasteiger partial charge in [0.25, 0.3) is 0 Å². The van der Waals surface area contributed by atoms with Crippen LogP contribution in [-0.4, -0.2) is 20.6 Å². The summed E-state index contributed by atoms with van der Waals surface area (Å²) in [6.07, 6.45) is 3.15. The highest BCUT2D eigenvalue weighted by Gasteiger charge is 2.20. The van der Waals surface area contributed by atoms with Crippen LogP contribution in [0.2, 0.25) is 0 Å². The molecule has 6 heteroatoms. The Hall–Kier alpha value is -2.73. The van der Waals surface area contributed by atoms with Crippen molar-refractivity contribution < 1.29 is 22.7 Å². The van der Waals surface area contributed by atoms with Gasteiger partial charge >= 0.3 is 0 Å². The molecule has 0 radical (unpaired) electrons. The van der Waals surface area contributed by atoms with Gasteiger partial charge in [0.15, 0.2) is 9.84 Å². The van der Waals surface area contributed by atoms with E-state index < -0.39 is 9.84 Å². The predicted octanol–water partition coefficient (Wildman–Crippen LogP) is 3.63. The minimum absolute atomic E-state index is 0.0807. The van der Waals surface area contributed by atoms with E-state index in [1.807, 2.05) is 0 Å². The molecule has 24 heavy (non-hydrogen) atoms. The topological polar surface area (TPSA) is 76.7 Å². The molecule has 1 heterocycles. The molecular formula is C18H16O5S. The highest BCUT2D eigenvalue weighted by Crippen LogP contribution is 2.33. The average Bonchev–Trinajstić information content (AvgIpc) is 3.09. The van der Waals surface area contributed by atoms with Crippen LogP contribution in [0.4, 0.5) is 0 Å². The lowest BCUT2D eigenvalue weighted by molar-refractivity contribution is 0.416. The van der Waals surface area contributed by atoms with Gasteiger partial charge in [0.1, 0.15) is 16.4 Å². The highest BCUT2D eigenvalue weighted by molar-refractivity contribution is 7.90. The molecule has 0 atom stereocenters. The third kappa shape index (κ3) is 3.14. The van der Waals surface area contributed by atoms with Crippen molar-refractivity contribution in [3.05, 3.63) is 66.6 Å². The van der Waals surface area contributed by atoms with E-state index in [9.17, 15) is 13.5 Å². The maximum Gasteiger partial charge on any atom is 0.186 e. The first kappa shape index (κ1) is 16.1. The zero-order valence-corrected chi connectivity index (χ0v) is 13.8. The van der Waals surface area contributed by atoms with Crippen molar-refractivity contribution in [2.75, 3.05) is 7.11 Å². The summed E-state index contributed by atoms with van der Waals surface area (Å²) >= 11 is 0. The second kappa shape index (κ2) is 6.41. The zero-order valence-electron chi connectivity index (χ0n) is 13.0. The summed E-state index contributed by atoms with van der Waals surface area (Å²) in [6.45, 7) is 0. The smallest absolute Gasteiger partial charge is 0.186 e. The Morgan fingerprint density at radius 1 is 1.12 bits per heavy atom. The SMILES string of the molecule is COc1cc(CS(=O)(=O)c2ccccc2O)ccc1-c1ccoc1. The molecule has 5 nitrogen and oxygen atoms in total. The lowest BCUT2D eigenvalue weighted by atomic mass is 10.1. The second-order valence-electron chi connectivity index (χ2n) is 5.27. The number of phenols is 1. The fourth-order valence-electron chi connectivity index (χ4n) is 2.50.